The van der Waals surface area contributed by atoms with Crippen molar-refractivity contribution < 1.29 is 5.11 Å². The van der Waals surface area contributed by atoms with E-state index in [1.54, 1.807) is 0 Å². The van der Waals surface area contributed by atoms with Crippen molar-refractivity contribution in [1.82, 2.24) is 0 Å². The molecule has 0 aromatic rings. The lowest BCUT2D eigenvalue weighted by Crippen LogP contribution is -2.17. The molecule has 1 heteroatoms. The Kier molecular flexibility index (Phi) is 2.14. The maximum Gasteiger partial charge on any atom is 0.0596 e. The molecule has 1 fully saturated rings. The molecule has 1 aliphatic carbocycles. The third kappa shape index (κ3) is 1.60. The van der Waals surface area contributed by atoms with E-state index >= 15 is 0 Å². The van der Waals surface area contributed by atoms with Gasteiger partial charge in [0.15, 0.2) is 0 Å². The van der Waals surface area contributed by atoms with Crippen molar-refractivity contribution in [2.24, 2.45) is 5.41 Å². The van der Waals surface area contributed by atoms with Crippen molar-refractivity contribution in [2.45, 2.75) is 38.7 Å². The van der Waals surface area contributed by atoms with Gasteiger partial charge in [-0.15, -0.1) is 6.58 Å². The molecule has 0 aromatic heterocycles. The van der Waals surface area contributed by atoms with Gasteiger partial charge in [-0.05, 0) is 31.1 Å². The highest BCUT2D eigenvalue weighted by atomic mass is 16.3. The SMILES string of the molecule is C=CCCC(O)C1(C)CC1. The van der Waals surface area contributed by atoms with E-state index in [1.165, 1.54) is 12.8 Å². The van der Waals surface area contributed by atoms with Gasteiger partial charge in [0.05, 0.1) is 6.10 Å². The number of rotatable bonds is 4. The van der Waals surface area contributed by atoms with Crippen molar-refractivity contribution in [3.05, 3.63) is 12.7 Å². The van der Waals surface area contributed by atoms with E-state index in [1.807, 2.05) is 6.08 Å². The van der Waals surface area contributed by atoms with Crippen LogP contribution in [0.5, 0.6) is 0 Å². The second-order valence-electron chi connectivity index (χ2n) is 3.54. The van der Waals surface area contributed by atoms with Gasteiger partial charge in [-0.3, -0.25) is 0 Å². The lowest BCUT2D eigenvalue weighted by Gasteiger charge is -2.15. The van der Waals surface area contributed by atoms with Crippen LogP contribution in [-0.4, -0.2) is 11.2 Å². The van der Waals surface area contributed by atoms with Crippen LogP contribution in [0.4, 0.5) is 0 Å². The van der Waals surface area contributed by atoms with Crippen LogP contribution < -0.4 is 0 Å². The van der Waals surface area contributed by atoms with Crippen LogP contribution in [0.1, 0.15) is 32.6 Å². The van der Waals surface area contributed by atoms with E-state index in [9.17, 15) is 5.11 Å². The monoisotopic (exact) mass is 140 g/mol. The summed E-state index contributed by atoms with van der Waals surface area (Å²) in [5, 5.41) is 9.53. The minimum Gasteiger partial charge on any atom is -0.393 e. The zero-order chi connectivity index (χ0) is 7.61. The number of aliphatic hydroxyl groups excluding tert-OH is 1. The molecule has 1 aliphatic rings. The van der Waals surface area contributed by atoms with Crippen LogP contribution in [0.3, 0.4) is 0 Å². The maximum absolute atomic E-state index is 9.53. The van der Waals surface area contributed by atoms with E-state index in [-0.39, 0.29) is 11.5 Å². The van der Waals surface area contributed by atoms with Gasteiger partial charge in [0, 0.05) is 0 Å². The predicted molar refractivity (Wildman–Crippen MR) is 42.8 cm³/mol. The third-order valence-electron chi connectivity index (χ3n) is 2.49. The predicted octanol–water partition coefficient (Wildman–Crippen LogP) is 2.11. The fourth-order valence-electron chi connectivity index (χ4n) is 1.15. The summed E-state index contributed by atoms with van der Waals surface area (Å²) in [6, 6.07) is 0. The van der Waals surface area contributed by atoms with Gasteiger partial charge in [0.1, 0.15) is 0 Å². The Morgan fingerprint density at radius 3 is 2.70 bits per heavy atom. The molecular formula is C9H16O. The molecular weight excluding hydrogens is 124 g/mol. The number of hydrogen-bond acceptors (Lipinski definition) is 1. The summed E-state index contributed by atoms with van der Waals surface area (Å²) in [7, 11) is 0. The first-order valence-corrected chi connectivity index (χ1v) is 3.98. The van der Waals surface area contributed by atoms with Gasteiger partial charge in [0.25, 0.3) is 0 Å². The van der Waals surface area contributed by atoms with Crippen LogP contribution in [-0.2, 0) is 0 Å². The molecule has 1 rings (SSSR count). The molecule has 0 amide bonds. The first kappa shape index (κ1) is 7.80. The number of allylic oxidation sites excluding steroid dienone is 1. The molecule has 0 saturated heterocycles. The molecule has 0 heterocycles. The zero-order valence-electron chi connectivity index (χ0n) is 6.64. The first-order valence-electron chi connectivity index (χ1n) is 3.98. The molecule has 0 aliphatic heterocycles. The van der Waals surface area contributed by atoms with Crippen LogP contribution >= 0.6 is 0 Å². The van der Waals surface area contributed by atoms with Gasteiger partial charge < -0.3 is 5.11 Å². The van der Waals surface area contributed by atoms with E-state index in [2.05, 4.69) is 13.5 Å². The molecule has 0 spiro atoms. The third-order valence-corrected chi connectivity index (χ3v) is 2.49. The Morgan fingerprint density at radius 1 is 1.70 bits per heavy atom. The van der Waals surface area contributed by atoms with E-state index < -0.39 is 0 Å². The molecule has 1 saturated carbocycles. The minimum atomic E-state index is -0.0921. The van der Waals surface area contributed by atoms with Crippen molar-refractivity contribution in [1.29, 1.82) is 0 Å². The minimum absolute atomic E-state index is 0.0921. The quantitative estimate of drug-likeness (QED) is 0.593. The first-order chi connectivity index (χ1) is 4.69. The zero-order valence-corrected chi connectivity index (χ0v) is 6.64. The molecule has 0 radical (unpaired) electrons. The standard InChI is InChI=1S/C9H16O/c1-3-4-5-8(10)9(2)6-7-9/h3,8,10H,1,4-7H2,2H3. The summed E-state index contributed by atoms with van der Waals surface area (Å²) >= 11 is 0. The smallest absolute Gasteiger partial charge is 0.0596 e. The molecule has 0 aromatic carbocycles. The summed E-state index contributed by atoms with van der Waals surface area (Å²) in [4.78, 5) is 0. The second-order valence-corrected chi connectivity index (χ2v) is 3.54. The molecule has 0 bridgehead atoms. The lowest BCUT2D eigenvalue weighted by atomic mass is 9.98. The Morgan fingerprint density at radius 2 is 2.30 bits per heavy atom. The lowest BCUT2D eigenvalue weighted by molar-refractivity contribution is 0.0952. The van der Waals surface area contributed by atoms with Crippen LogP contribution in [0.25, 0.3) is 0 Å². The summed E-state index contributed by atoms with van der Waals surface area (Å²) in [6.45, 7) is 5.78. The Balaban J connectivity index is 2.21. The molecule has 1 unspecified atom stereocenters. The average molecular weight is 140 g/mol. The molecule has 1 atom stereocenters. The van der Waals surface area contributed by atoms with Crippen molar-refractivity contribution in [3.8, 4) is 0 Å². The van der Waals surface area contributed by atoms with Crippen molar-refractivity contribution >= 4 is 0 Å². The maximum atomic E-state index is 9.53. The summed E-state index contributed by atoms with van der Waals surface area (Å²) in [6.07, 6.45) is 6.01. The van der Waals surface area contributed by atoms with Crippen LogP contribution in [0, 0.1) is 5.41 Å². The fourth-order valence-corrected chi connectivity index (χ4v) is 1.15. The van der Waals surface area contributed by atoms with Gasteiger partial charge in [-0.2, -0.15) is 0 Å². The molecule has 1 nitrogen and oxygen atoms in total. The van der Waals surface area contributed by atoms with Gasteiger partial charge in [0.2, 0.25) is 0 Å². The molecule has 58 valence electrons. The van der Waals surface area contributed by atoms with Crippen LogP contribution in [0.15, 0.2) is 12.7 Å². The van der Waals surface area contributed by atoms with Crippen molar-refractivity contribution in [2.75, 3.05) is 0 Å². The normalized spacial score (nSPS) is 23.8. The highest BCUT2D eigenvalue weighted by molar-refractivity contribution is 4.95. The van der Waals surface area contributed by atoms with E-state index in [0.717, 1.165) is 12.8 Å². The highest BCUT2D eigenvalue weighted by Crippen LogP contribution is 2.49. The summed E-state index contributed by atoms with van der Waals surface area (Å²) in [5.41, 5.74) is 0.267. The largest absolute Gasteiger partial charge is 0.393 e. The summed E-state index contributed by atoms with van der Waals surface area (Å²) in [5.74, 6) is 0. The van der Waals surface area contributed by atoms with E-state index in [4.69, 9.17) is 0 Å². The van der Waals surface area contributed by atoms with E-state index in [0.29, 0.717) is 0 Å². The van der Waals surface area contributed by atoms with Crippen molar-refractivity contribution in [3.63, 3.8) is 0 Å². The average Bonchev–Trinajstić information content (AvgIpc) is 2.64. The Labute approximate surface area is 62.8 Å². The number of hydrogen-bond donors (Lipinski definition) is 1. The highest BCUT2D eigenvalue weighted by Gasteiger charge is 2.43. The van der Waals surface area contributed by atoms with Gasteiger partial charge in [-0.25, -0.2) is 0 Å². The number of aliphatic hydroxyl groups is 1. The topological polar surface area (TPSA) is 20.2 Å². The molecule has 1 N–H and O–H groups in total. The second kappa shape index (κ2) is 2.75. The van der Waals surface area contributed by atoms with Gasteiger partial charge in [-0.1, -0.05) is 13.0 Å². The van der Waals surface area contributed by atoms with Gasteiger partial charge >= 0.3 is 0 Å². The van der Waals surface area contributed by atoms with Crippen LogP contribution in [0.2, 0.25) is 0 Å². The Hall–Kier alpha value is -0.300. The Bertz CT molecular complexity index is 125. The summed E-state index contributed by atoms with van der Waals surface area (Å²) < 4.78 is 0. The fraction of sp³-hybridized carbons (Fsp3) is 0.778. The molecule has 10 heavy (non-hydrogen) atoms.